The molecule has 2 heteroatoms. The van der Waals surface area contributed by atoms with Crippen LogP contribution < -0.4 is 0 Å². The van der Waals surface area contributed by atoms with E-state index < -0.39 is 0 Å². The minimum Gasteiger partial charge on any atom is -0.299 e. The number of hydrogen-bond acceptors (Lipinski definition) is 2. The van der Waals surface area contributed by atoms with E-state index in [0.717, 1.165) is 17.5 Å². The topological polar surface area (TPSA) is 34.1 Å². The van der Waals surface area contributed by atoms with Crippen molar-refractivity contribution in [1.29, 1.82) is 0 Å². The molecule has 0 aliphatic heterocycles. The molecular weight excluding hydrogens is 212 g/mol. The Morgan fingerprint density at radius 2 is 1.82 bits per heavy atom. The van der Waals surface area contributed by atoms with Crippen molar-refractivity contribution in [2.45, 2.75) is 40.5 Å². The van der Waals surface area contributed by atoms with Gasteiger partial charge in [0.1, 0.15) is 5.78 Å². The van der Waals surface area contributed by atoms with Crippen LogP contribution in [0, 0.1) is 19.8 Å². The molecule has 0 radical (unpaired) electrons. The van der Waals surface area contributed by atoms with E-state index in [0.29, 0.717) is 5.56 Å². The molecule has 0 fully saturated rings. The number of benzene rings is 1. The molecule has 92 valence electrons. The SMILES string of the molecule is CCC(C)C(=O)CC(=O)c1ccc(C)c(C)c1. The quantitative estimate of drug-likeness (QED) is 0.575. The molecule has 0 spiro atoms. The summed E-state index contributed by atoms with van der Waals surface area (Å²) in [7, 11) is 0. The van der Waals surface area contributed by atoms with Gasteiger partial charge in [-0.25, -0.2) is 0 Å². The third-order valence-corrected chi connectivity index (χ3v) is 3.33. The zero-order valence-corrected chi connectivity index (χ0v) is 11.0. The lowest BCUT2D eigenvalue weighted by atomic mass is 9.95. The van der Waals surface area contributed by atoms with E-state index in [4.69, 9.17) is 0 Å². The number of rotatable bonds is 5. The summed E-state index contributed by atoms with van der Waals surface area (Å²) in [6, 6.07) is 5.59. The van der Waals surface area contributed by atoms with Gasteiger partial charge in [-0.2, -0.15) is 0 Å². The first kappa shape index (κ1) is 13.6. The van der Waals surface area contributed by atoms with Crippen LogP contribution in [0.2, 0.25) is 0 Å². The van der Waals surface area contributed by atoms with Gasteiger partial charge in [0.25, 0.3) is 0 Å². The van der Waals surface area contributed by atoms with Gasteiger partial charge >= 0.3 is 0 Å². The molecule has 0 aliphatic carbocycles. The lowest BCUT2D eigenvalue weighted by Crippen LogP contribution is -2.15. The van der Waals surface area contributed by atoms with E-state index in [1.165, 1.54) is 0 Å². The van der Waals surface area contributed by atoms with Crippen LogP contribution in [0.3, 0.4) is 0 Å². The zero-order chi connectivity index (χ0) is 13.0. The summed E-state index contributed by atoms with van der Waals surface area (Å²) in [4.78, 5) is 23.6. The average Bonchev–Trinajstić information content (AvgIpc) is 2.31. The molecular formula is C15H20O2. The molecule has 17 heavy (non-hydrogen) atoms. The number of carbonyl (C=O) groups is 2. The van der Waals surface area contributed by atoms with Gasteiger partial charge in [-0.05, 0) is 37.5 Å². The normalized spacial score (nSPS) is 12.2. The average molecular weight is 232 g/mol. The van der Waals surface area contributed by atoms with E-state index in [2.05, 4.69) is 0 Å². The van der Waals surface area contributed by atoms with Gasteiger partial charge in [0, 0.05) is 11.5 Å². The standard InChI is InChI=1S/C15H20O2/c1-5-10(2)14(16)9-15(17)13-7-6-11(3)12(4)8-13/h6-8,10H,5,9H2,1-4H3. The van der Waals surface area contributed by atoms with Crippen molar-refractivity contribution in [3.05, 3.63) is 34.9 Å². The summed E-state index contributed by atoms with van der Waals surface area (Å²) < 4.78 is 0. The number of ketones is 2. The van der Waals surface area contributed by atoms with Gasteiger partial charge in [0.05, 0.1) is 6.42 Å². The monoisotopic (exact) mass is 232 g/mol. The first-order chi connectivity index (χ1) is 7.95. The Hall–Kier alpha value is -1.44. The summed E-state index contributed by atoms with van der Waals surface area (Å²) >= 11 is 0. The highest BCUT2D eigenvalue weighted by Gasteiger charge is 2.16. The number of aryl methyl sites for hydroxylation is 2. The maximum absolute atomic E-state index is 11.9. The zero-order valence-electron chi connectivity index (χ0n) is 11.0. The van der Waals surface area contributed by atoms with E-state index in [-0.39, 0.29) is 23.9 Å². The van der Waals surface area contributed by atoms with E-state index in [1.807, 2.05) is 39.8 Å². The largest absolute Gasteiger partial charge is 0.299 e. The predicted molar refractivity (Wildman–Crippen MR) is 69.3 cm³/mol. The van der Waals surface area contributed by atoms with Gasteiger partial charge in [0.15, 0.2) is 5.78 Å². The molecule has 0 bridgehead atoms. The van der Waals surface area contributed by atoms with Crippen molar-refractivity contribution in [2.75, 3.05) is 0 Å². The van der Waals surface area contributed by atoms with Crippen molar-refractivity contribution in [3.63, 3.8) is 0 Å². The second kappa shape index (κ2) is 5.76. The predicted octanol–water partition coefficient (Wildman–Crippen LogP) is 3.49. The molecule has 1 aromatic carbocycles. The van der Waals surface area contributed by atoms with Gasteiger partial charge < -0.3 is 0 Å². The maximum atomic E-state index is 11.9. The second-order valence-corrected chi connectivity index (χ2v) is 4.67. The first-order valence-corrected chi connectivity index (χ1v) is 6.08. The molecule has 0 N–H and O–H groups in total. The lowest BCUT2D eigenvalue weighted by Gasteiger charge is -2.07. The fourth-order valence-corrected chi connectivity index (χ4v) is 1.58. The molecule has 0 amide bonds. The van der Waals surface area contributed by atoms with E-state index in [1.54, 1.807) is 6.07 Å². The molecule has 0 saturated heterocycles. The summed E-state index contributed by atoms with van der Waals surface area (Å²) in [5.74, 6) is -0.0559. The van der Waals surface area contributed by atoms with Crippen LogP contribution in [-0.2, 0) is 4.79 Å². The first-order valence-electron chi connectivity index (χ1n) is 6.08. The Kier molecular flexibility index (Phi) is 4.62. The fraction of sp³-hybridized carbons (Fsp3) is 0.467. The van der Waals surface area contributed by atoms with Crippen molar-refractivity contribution >= 4 is 11.6 Å². The summed E-state index contributed by atoms with van der Waals surface area (Å²) in [5, 5.41) is 0. The summed E-state index contributed by atoms with van der Waals surface area (Å²) in [6.07, 6.45) is 0.816. The highest BCUT2D eigenvalue weighted by atomic mass is 16.1. The molecule has 1 rings (SSSR count). The Morgan fingerprint density at radius 3 is 2.35 bits per heavy atom. The Labute approximate surface area is 103 Å². The Bertz CT molecular complexity index is 433. The third-order valence-electron chi connectivity index (χ3n) is 3.33. The summed E-state index contributed by atoms with van der Waals surface area (Å²) in [6.45, 7) is 7.82. The molecule has 1 atom stereocenters. The van der Waals surface area contributed by atoms with Crippen molar-refractivity contribution in [1.82, 2.24) is 0 Å². The molecule has 1 unspecified atom stereocenters. The van der Waals surface area contributed by atoms with Crippen molar-refractivity contribution < 1.29 is 9.59 Å². The molecule has 0 saturated carbocycles. The van der Waals surface area contributed by atoms with Crippen LogP contribution in [0.4, 0.5) is 0 Å². The smallest absolute Gasteiger partial charge is 0.170 e. The minimum absolute atomic E-state index is 0.0227. The highest BCUT2D eigenvalue weighted by molar-refractivity contribution is 6.08. The van der Waals surface area contributed by atoms with E-state index >= 15 is 0 Å². The van der Waals surface area contributed by atoms with Crippen LogP contribution in [-0.4, -0.2) is 11.6 Å². The number of Topliss-reactive ketones (excluding diaryl/α,β-unsaturated/α-hetero) is 2. The van der Waals surface area contributed by atoms with Crippen LogP contribution in [0.1, 0.15) is 48.2 Å². The van der Waals surface area contributed by atoms with Crippen LogP contribution in [0.25, 0.3) is 0 Å². The molecule has 1 aromatic rings. The van der Waals surface area contributed by atoms with Crippen LogP contribution in [0.15, 0.2) is 18.2 Å². The maximum Gasteiger partial charge on any atom is 0.170 e. The fourth-order valence-electron chi connectivity index (χ4n) is 1.58. The molecule has 2 nitrogen and oxygen atoms in total. The van der Waals surface area contributed by atoms with Crippen LogP contribution in [0.5, 0.6) is 0 Å². The molecule has 0 aliphatic rings. The van der Waals surface area contributed by atoms with Gasteiger partial charge in [0.2, 0.25) is 0 Å². The number of carbonyl (C=O) groups excluding carboxylic acids is 2. The van der Waals surface area contributed by atoms with Crippen LogP contribution >= 0.6 is 0 Å². The van der Waals surface area contributed by atoms with Crippen molar-refractivity contribution in [3.8, 4) is 0 Å². The molecule has 0 heterocycles. The van der Waals surface area contributed by atoms with Crippen molar-refractivity contribution in [2.24, 2.45) is 5.92 Å². The third kappa shape index (κ3) is 3.52. The lowest BCUT2D eigenvalue weighted by molar-refractivity contribution is -0.121. The van der Waals surface area contributed by atoms with Gasteiger partial charge in [-0.15, -0.1) is 0 Å². The Balaban J connectivity index is 2.77. The van der Waals surface area contributed by atoms with Gasteiger partial charge in [-0.3, -0.25) is 9.59 Å². The molecule has 0 aromatic heterocycles. The highest BCUT2D eigenvalue weighted by Crippen LogP contribution is 2.14. The second-order valence-electron chi connectivity index (χ2n) is 4.67. The Morgan fingerprint density at radius 1 is 1.18 bits per heavy atom. The van der Waals surface area contributed by atoms with E-state index in [9.17, 15) is 9.59 Å². The number of hydrogen-bond donors (Lipinski definition) is 0. The van der Waals surface area contributed by atoms with Gasteiger partial charge in [-0.1, -0.05) is 26.0 Å². The summed E-state index contributed by atoms with van der Waals surface area (Å²) in [5.41, 5.74) is 2.89. The minimum atomic E-state index is -0.0709.